The summed E-state index contributed by atoms with van der Waals surface area (Å²) >= 11 is 3.36. The minimum Gasteiger partial charge on any atom is -0.376 e. The van der Waals surface area contributed by atoms with Gasteiger partial charge in [0, 0.05) is 24.3 Å². The summed E-state index contributed by atoms with van der Waals surface area (Å²) in [5, 5.41) is 2.99. The maximum Gasteiger partial charge on any atom is 0.268 e. The van der Waals surface area contributed by atoms with Gasteiger partial charge in [0.1, 0.15) is 5.69 Å². The summed E-state index contributed by atoms with van der Waals surface area (Å²) in [5.74, 6) is -0.0544. The second-order valence-electron chi connectivity index (χ2n) is 4.47. The molecule has 0 saturated carbocycles. The lowest BCUT2D eigenvalue weighted by Crippen LogP contribution is -2.41. The smallest absolute Gasteiger partial charge is 0.268 e. The number of nitrogens with one attached hydrogen (secondary N) is 1. The van der Waals surface area contributed by atoms with Crippen LogP contribution in [0.25, 0.3) is 0 Å². The van der Waals surface area contributed by atoms with Crippen molar-refractivity contribution in [2.45, 2.75) is 31.9 Å². The molecule has 94 valence electrons. The average molecular weight is 301 g/mol. The number of carbonyl (C=O) groups excluding carboxylic acids is 1. The zero-order chi connectivity index (χ0) is 12.4. The van der Waals surface area contributed by atoms with Gasteiger partial charge >= 0.3 is 0 Å². The number of carbonyl (C=O) groups is 1. The summed E-state index contributed by atoms with van der Waals surface area (Å²) in [6.07, 6.45) is 4.13. The molecule has 5 heteroatoms. The van der Waals surface area contributed by atoms with E-state index in [2.05, 4.69) is 21.2 Å². The Labute approximate surface area is 109 Å². The number of hydrogen-bond acceptors (Lipinski definition) is 2. The van der Waals surface area contributed by atoms with Crippen LogP contribution in [0.3, 0.4) is 0 Å². The number of halogens is 1. The first kappa shape index (κ1) is 12.6. The molecule has 1 aliphatic rings. The van der Waals surface area contributed by atoms with Crippen molar-refractivity contribution in [1.29, 1.82) is 0 Å². The van der Waals surface area contributed by atoms with E-state index in [-0.39, 0.29) is 18.1 Å². The van der Waals surface area contributed by atoms with Crippen LogP contribution in [0.5, 0.6) is 0 Å². The van der Waals surface area contributed by atoms with Crippen LogP contribution in [-0.2, 0) is 11.8 Å². The Morgan fingerprint density at radius 3 is 3.00 bits per heavy atom. The molecule has 2 rings (SSSR count). The average Bonchev–Trinajstić information content (AvgIpc) is 2.87. The molecule has 1 amide bonds. The Morgan fingerprint density at radius 2 is 2.47 bits per heavy atom. The maximum atomic E-state index is 12.0. The monoisotopic (exact) mass is 300 g/mol. The minimum absolute atomic E-state index is 0.0543. The van der Waals surface area contributed by atoms with Gasteiger partial charge in [0.05, 0.1) is 12.1 Å². The zero-order valence-electron chi connectivity index (χ0n) is 10.1. The van der Waals surface area contributed by atoms with E-state index >= 15 is 0 Å². The summed E-state index contributed by atoms with van der Waals surface area (Å²) < 4.78 is 8.28. The van der Waals surface area contributed by atoms with Crippen LogP contribution in [0.4, 0.5) is 0 Å². The van der Waals surface area contributed by atoms with Crippen molar-refractivity contribution in [2.75, 3.05) is 6.61 Å². The Hall–Kier alpha value is -0.810. The van der Waals surface area contributed by atoms with E-state index in [1.165, 1.54) is 0 Å². The molecule has 0 aliphatic carbocycles. The van der Waals surface area contributed by atoms with Crippen LogP contribution in [0.2, 0.25) is 0 Å². The molecule has 1 fully saturated rings. The van der Waals surface area contributed by atoms with Crippen molar-refractivity contribution in [3.63, 3.8) is 0 Å². The Kier molecular flexibility index (Phi) is 3.89. The molecule has 1 aromatic heterocycles. The first-order valence-corrected chi connectivity index (χ1v) is 6.61. The molecule has 0 radical (unpaired) electrons. The second-order valence-corrected chi connectivity index (χ2v) is 5.38. The standard InChI is InChI=1S/C12H17BrN2O2/c1-8(11-4-3-5-17-11)14-12(16)10-6-9(13)7-15(10)2/h6-8,11H,3-5H2,1-2H3,(H,14,16). The lowest BCUT2D eigenvalue weighted by Gasteiger charge is -2.20. The summed E-state index contributed by atoms with van der Waals surface area (Å²) in [6, 6.07) is 1.87. The molecule has 17 heavy (non-hydrogen) atoms. The molecule has 1 saturated heterocycles. The fraction of sp³-hybridized carbons (Fsp3) is 0.583. The number of nitrogens with zero attached hydrogens (tertiary/aromatic N) is 1. The third-order valence-electron chi connectivity index (χ3n) is 3.09. The number of ether oxygens (including phenoxy) is 1. The number of amides is 1. The predicted molar refractivity (Wildman–Crippen MR) is 69.0 cm³/mol. The van der Waals surface area contributed by atoms with Gasteiger partial charge in [0.2, 0.25) is 0 Å². The number of rotatable bonds is 3. The SMILES string of the molecule is CC(NC(=O)c1cc(Br)cn1C)C1CCCO1. The van der Waals surface area contributed by atoms with E-state index in [1.54, 1.807) is 0 Å². The number of aryl methyl sites for hydroxylation is 1. The van der Waals surface area contributed by atoms with Gasteiger partial charge in [-0.1, -0.05) is 0 Å². The highest BCUT2D eigenvalue weighted by molar-refractivity contribution is 9.10. The molecule has 2 unspecified atom stereocenters. The van der Waals surface area contributed by atoms with Crippen LogP contribution in [-0.4, -0.2) is 29.2 Å². The van der Waals surface area contributed by atoms with Gasteiger partial charge in [0.25, 0.3) is 5.91 Å². The van der Waals surface area contributed by atoms with E-state index in [0.29, 0.717) is 5.69 Å². The topological polar surface area (TPSA) is 43.3 Å². The minimum atomic E-state index is -0.0544. The summed E-state index contributed by atoms with van der Waals surface area (Å²) in [4.78, 5) is 12.0. The Morgan fingerprint density at radius 1 is 1.71 bits per heavy atom. The van der Waals surface area contributed by atoms with Gasteiger partial charge in [-0.05, 0) is 41.8 Å². The fourth-order valence-corrected chi connectivity index (χ4v) is 2.64. The van der Waals surface area contributed by atoms with Crippen molar-refractivity contribution < 1.29 is 9.53 Å². The molecule has 2 heterocycles. The zero-order valence-corrected chi connectivity index (χ0v) is 11.7. The molecule has 1 N–H and O–H groups in total. The molecule has 4 nitrogen and oxygen atoms in total. The maximum absolute atomic E-state index is 12.0. The van der Waals surface area contributed by atoms with E-state index in [4.69, 9.17) is 4.74 Å². The molecule has 0 spiro atoms. The lowest BCUT2D eigenvalue weighted by molar-refractivity contribution is 0.0707. The highest BCUT2D eigenvalue weighted by Crippen LogP contribution is 2.17. The molecule has 1 aromatic rings. The summed E-state index contributed by atoms with van der Waals surface area (Å²) in [6.45, 7) is 2.80. The number of aromatic nitrogens is 1. The van der Waals surface area contributed by atoms with Crippen LogP contribution in [0.1, 0.15) is 30.3 Å². The highest BCUT2D eigenvalue weighted by atomic mass is 79.9. The summed E-state index contributed by atoms with van der Waals surface area (Å²) in [5.41, 5.74) is 0.654. The van der Waals surface area contributed by atoms with Crippen molar-refractivity contribution >= 4 is 21.8 Å². The quantitative estimate of drug-likeness (QED) is 0.929. The first-order valence-electron chi connectivity index (χ1n) is 5.82. The fourth-order valence-electron chi connectivity index (χ4n) is 2.12. The lowest BCUT2D eigenvalue weighted by atomic mass is 10.1. The van der Waals surface area contributed by atoms with Crippen molar-refractivity contribution in [2.24, 2.45) is 7.05 Å². The number of hydrogen-bond donors (Lipinski definition) is 1. The highest BCUT2D eigenvalue weighted by Gasteiger charge is 2.24. The van der Waals surface area contributed by atoms with Crippen LogP contribution >= 0.6 is 15.9 Å². The molecule has 0 bridgehead atoms. The van der Waals surface area contributed by atoms with E-state index in [1.807, 2.05) is 30.8 Å². The second kappa shape index (κ2) is 5.23. The third kappa shape index (κ3) is 2.90. The first-order chi connectivity index (χ1) is 8.08. The van der Waals surface area contributed by atoms with Gasteiger partial charge in [-0.3, -0.25) is 4.79 Å². The Balaban J connectivity index is 1.98. The molecular formula is C12H17BrN2O2. The predicted octanol–water partition coefficient (Wildman–Crippen LogP) is 2.08. The van der Waals surface area contributed by atoms with E-state index < -0.39 is 0 Å². The van der Waals surface area contributed by atoms with E-state index in [9.17, 15) is 4.79 Å². The third-order valence-corrected chi connectivity index (χ3v) is 3.52. The van der Waals surface area contributed by atoms with Crippen LogP contribution < -0.4 is 5.32 Å². The van der Waals surface area contributed by atoms with Gasteiger partial charge in [-0.25, -0.2) is 0 Å². The summed E-state index contributed by atoms with van der Waals surface area (Å²) in [7, 11) is 1.86. The van der Waals surface area contributed by atoms with Gasteiger partial charge in [-0.15, -0.1) is 0 Å². The van der Waals surface area contributed by atoms with E-state index in [0.717, 1.165) is 23.9 Å². The van der Waals surface area contributed by atoms with Gasteiger partial charge in [-0.2, -0.15) is 0 Å². The van der Waals surface area contributed by atoms with Crippen molar-refractivity contribution in [3.05, 3.63) is 22.4 Å². The molecule has 1 aliphatic heterocycles. The molecule has 0 aromatic carbocycles. The van der Waals surface area contributed by atoms with Crippen molar-refractivity contribution in [1.82, 2.24) is 9.88 Å². The van der Waals surface area contributed by atoms with Crippen LogP contribution in [0, 0.1) is 0 Å². The largest absolute Gasteiger partial charge is 0.376 e. The van der Waals surface area contributed by atoms with Gasteiger partial charge < -0.3 is 14.6 Å². The van der Waals surface area contributed by atoms with Gasteiger partial charge in [0.15, 0.2) is 0 Å². The van der Waals surface area contributed by atoms with Crippen LogP contribution in [0.15, 0.2) is 16.7 Å². The normalized spacial score (nSPS) is 21.5. The van der Waals surface area contributed by atoms with Crippen molar-refractivity contribution in [3.8, 4) is 0 Å². The molecular weight excluding hydrogens is 284 g/mol. The Bertz CT molecular complexity index is 411. The molecule has 2 atom stereocenters.